The zero-order chi connectivity index (χ0) is 46.2. The minimum atomic E-state index is -4.60. The van der Waals surface area contributed by atoms with Crippen LogP contribution in [0.4, 0.5) is 18.9 Å². The molecule has 3 saturated heterocycles. The Bertz CT molecular complexity index is 1780. The van der Waals surface area contributed by atoms with Gasteiger partial charge in [-0.3, -0.25) is 9.59 Å². The molecule has 0 aromatic heterocycles. The molecule has 3 heterocycles. The first kappa shape index (κ1) is 49.2. The molecule has 0 spiro atoms. The highest BCUT2D eigenvalue weighted by molar-refractivity contribution is 5.99. The Morgan fingerprint density at radius 1 is 0.891 bits per heavy atom. The molecule has 64 heavy (non-hydrogen) atoms. The van der Waals surface area contributed by atoms with Crippen LogP contribution in [0.3, 0.4) is 0 Å². The van der Waals surface area contributed by atoms with Gasteiger partial charge < -0.3 is 53.2 Å². The average Bonchev–Trinajstić information content (AvgIpc) is 3.84. The molecule has 4 unspecified atom stereocenters. The number of allylic oxidation sites excluding steroid dienone is 2. The number of aliphatic hydroxyl groups is 1. The molecular weight excluding hydrogens is 838 g/mol. The van der Waals surface area contributed by atoms with Crippen molar-refractivity contribution in [3.05, 3.63) is 41.5 Å². The Morgan fingerprint density at radius 3 is 2.27 bits per heavy atom. The number of fused-ring (bicyclic) bond motifs is 5. The van der Waals surface area contributed by atoms with E-state index in [1.54, 1.807) is 27.4 Å². The summed E-state index contributed by atoms with van der Waals surface area (Å²) in [7, 11) is 8.80. The van der Waals surface area contributed by atoms with Gasteiger partial charge in [0, 0.05) is 44.9 Å². The topological polar surface area (TPSA) is 143 Å². The number of alkyl halides is 3. The average molecular weight is 909 g/mol. The Kier molecular flexibility index (Phi) is 15.9. The third-order valence-electron chi connectivity index (χ3n) is 15.4. The first-order valence-electron chi connectivity index (χ1n) is 23.4. The van der Waals surface area contributed by atoms with Crippen molar-refractivity contribution in [1.29, 1.82) is 0 Å². The van der Waals surface area contributed by atoms with Gasteiger partial charge in [0.05, 0.1) is 48.5 Å². The van der Waals surface area contributed by atoms with Gasteiger partial charge in [0.25, 0.3) is 0 Å². The van der Waals surface area contributed by atoms with Crippen LogP contribution in [0.25, 0.3) is 0 Å². The number of ether oxygens (including phenoxy) is 8. The van der Waals surface area contributed by atoms with Crippen LogP contribution in [0.15, 0.2) is 35.9 Å². The van der Waals surface area contributed by atoms with Gasteiger partial charge in [-0.05, 0) is 127 Å². The molecule has 19 atom stereocenters. The van der Waals surface area contributed by atoms with Crippen LogP contribution in [0.2, 0.25) is 0 Å². The van der Waals surface area contributed by atoms with Gasteiger partial charge in [0.15, 0.2) is 18.4 Å². The second kappa shape index (κ2) is 20.7. The number of nitrogens with zero attached hydrogens (tertiary/aromatic N) is 1. The van der Waals surface area contributed by atoms with Gasteiger partial charge in [0.2, 0.25) is 0 Å². The quantitative estimate of drug-likeness (QED) is 0.225. The largest absolute Gasteiger partial charge is 0.462 e. The lowest BCUT2D eigenvalue weighted by Gasteiger charge is -2.47. The number of Topliss-reactive ketones (excluding diaryl/α,β-unsaturated/α-hetero) is 1. The number of hydrogen-bond donors (Lipinski definition) is 2. The SMILES string of the molecule is CC[C@H]1CCC[C@H](O[C@H]2CC[C@H](N(C)C)C(C)O2)[C@@H](C)C(=O)C2=C[C@H]3[C@@H]4C[C@H](O[C@@H]5OC(C)[C@H](OC)C(OC)C5OC)C[C@H]4[C@@H](O)[C@H](Nc4cccc(C(F)(F)F)c4)[C@H]3[C@@H]2CC(=O)O1. The lowest BCUT2D eigenvalue weighted by Crippen LogP contribution is -2.59. The number of hydrogen-bond acceptors (Lipinski definition) is 13. The smallest absolute Gasteiger partial charge is 0.416 e. The number of cyclic esters (lactones) is 1. The Hall–Kier alpha value is -2.67. The molecule has 2 saturated carbocycles. The molecule has 6 aliphatic rings. The molecule has 1 aromatic carbocycles. The monoisotopic (exact) mass is 909 g/mol. The summed E-state index contributed by atoms with van der Waals surface area (Å²) >= 11 is 0. The van der Waals surface area contributed by atoms with Crippen LogP contribution in [0, 0.1) is 35.5 Å². The molecule has 2 N–H and O–H groups in total. The van der Waals surface area contributed by atoms with E-state index < -0.39 is 90.7 Å². The Labute approximate surface area is 376 Å². The van der Waals surface area contributed by atoms with Gasteiger partial charge in [0.1, 0.15) is 24.4 Å². The van der Waals surface area contributed by atoms with E-state index in [0.29, 0.717) is 50.5 Å². The van der Waals surface area contributed by atoms with Crippen LogP contribution < -0.4 is 5.32 Å². The van der Waals surface area contributed by atoms with Gasteiger partial charge in [-0.1, -0.05) is 26.0 Å². The number of esters is 1. The summed E-state index contributed by atoms with van der Waals surface area (Å²) in [4.78, 5) is 31.3. The standard InChI is InChI=1S/C48H71F3N2O11/c1-10-29-15-12-16-37(64-39-18-17-36(53(5)6)25(3)60-39)24(2)42(55)35-22-32-31-20-30(63-47-46(59-9)45(58-8)44(57-7)26(4)61-47)21-34(31)43(56)41(40(32)33(35)23-38(54)62-29)52-28-14-11-13-27(19-28)48(49,50)51/h11,13-14,19,22,24-26,29-34,36-37,39-41,43-47,52,56H,10,12,15-18,20-21,23H2,1-9H3/t24-,25?,26?,29+,30+,31+,32+,33-,34-,36+,37+,39+,40-,41-,43-,44+,45?,46?,47+/m1/s1. The summed E-state index contributed by atoms with van der Waals surface area (Å²) in [6.45, 7) is 7.79. The van der Waals surface area contributed by atoms with Gasteiger partial charge in [-0.2, -0.15) is 13.2 Å². The van der Waals surface area contributed by atoms with E-state index in [9.17, 15) is 23.1 Å². The van der Waals surface area contributed by atoms with E-state index in [1.165, 1.54) is 6.07 Å². The summed E-state index contributed by atoms with van der Waals surface area (Å²) in [6, 6.07) is 4.32. The highest BCUT2D eigenvalue weighted by Gasteiger charge is 2.60. The molecule has 7 rings (SSSR count). The van der Waals surface area contributed by atoms with Crippen LogP contribution in [0.5, 0.6) is 0 Å². The minimum Gasteiger partial charge on any atom is -0.462 e. The number of likely N-dealkylation sites (N-methyl/N-ethyl adjacent to an activating group) is 1. The second-order valence-electron chi connectivity index (χ2n) is 19.4. The highest BCUT2D eigenvalue weighted by Crippen LogP contribution is 2.57. The second-order valence-corrected chi connectivity index (χ2v) is 19.4. The van der Waals surface area contributed by atoms with Crippen LogP contribution in [-0.2, 0) is 53.7 Å². The summed E-state index contributed by atoms with van der Waals surface area (Å²) in [6.07, 6.45) is -3.47. The van der Waals surface area contributed by atoms with E-state index in [1.807, 2.05) is 47.9 Å². The fourth-order valence-corrected chi connectivity index (χ4v) is 12.2. The first-order chi connectivity index (χ1) is 30.5. The van der Waals surface area contributed by atoms with Crippen molar-refractivity contribution in [2.45, 2.75) is 171 Å². The zero-order valence-electron chi connectivity index (χ0n) is 38.8. The third-order valence-corrected chi connectivity index (χ3v) is 15.4. The molecule has 3 aliphatic carbocycles. The molecule has 360 valence electrons. The molecule has 5 fully saturated rings. The number of benzene rings is 1. The van der Waals surface area contributed by atoms with Crippen molar-refractivity contribution >= 4 is 17.4 Å². The third kappa shape index (κ3) is 10.3. The number of nitrogens with one attached hydrogen (secondary N) is 1. The number of aliphatic hydroxyl groups excluding tert-OH is 1. The summed E-state index contributed by atoms with van der Waals surface area (Å²) in [5, 5.41) is 15.9. The number of rotatable bonds is 11. The lowest BCUT2D eigenvalue weighted by atomic mass is 9.62. The highest BCUT2D eigenvalue weighted by atomic mass is 19.4. The fraction of sp³-hybridized carbons (Fsp3) is 0.792. The number of halogens is 3. The van der Waals surface area contributed by atoms with E-state index in [-0.39, 0.29) is 60.0 Å². The minimum absolute atomic E-state index is 0.0723. The lowest BCUT2D eigenvalue weighted by molar-refractivity contribution is -0.314. The maximum absolute atomic E-state index is 15.2. The normalized spacial score (nSPS) is 42.2. The summed E-state index contributed by atoms with van der Waals surface area (Å²) < 4.78 is 91.8. The molecular formula is C48H71F3N2O11. The van der Waals surface area contributed by atoms with Crippen molar-refractivity contribution < 1.29 is 65.8 Å². The number of carbonyl (C=O) groups is 2. The van der Waals surface area contributed by atoms with Gasteiger partial charge in [-0.15, -0.1) is 0 Å². The van der Waals surface area contributed by atoms with E-state index in [0.717, 1.165) is 18.6 Å². The summed E-state index contributed by atoms with van der Waals surface area (Å²) in [5.41, 5.74) is -0.188. The molecule has 16 heteroatoms. The molecule has 3 aliphatic heterocycles. The van der Waals surface area contributed by atoms with E-state index >= 15 is 4.79 Å². The Balaban J connectivity index is 1.23. The predicted octanol–water partition coefficient (Wildman–Crippen LogP) is 6.79. The fourth-order valence-electron chi connectivity index (χ4n) is 12.2. The molecule has 0 radical (unpaired) electrons. The number of ketones is 1. The molecule has 13 nitrogen and oxygen atoms in total. The van der Waals surface area contributed by atoms with Crippen molar-refractivity contribution in [2.75, 3.05) is 40.7 Å². The number of methoxy groups -OCH3 is 3. The number of carbonyl (C=O) groups excluding carboxylic acids is 2. The predicted molar refractivity (Wildman–Crippen MR) is 230 cm³/mol. The first-order valence-corrected chi connectivity index (χ1v) is 23.4. The molecule has 1 aromatic rings. The van der Waals surface area contributed by atoms with Crippen LogP contribution >= 0.6 is 0 Å². The molecule has 0 amide bonds. The van der Waals surface area contributed by atoms with Crippen molar-refractivity contribution in [1.82, 2.24) is 4.90 Å². The molecule has 0 bridgehead atoms. The maximum Gasteiger partial charge on any atom is 0.416 e. The van der Waals surface area contributed by atoms with Crippen molar-refractivity contribution in [2.24, 2.45) is 35.5 Å². The van der Waals surface area contributed by atoms with Gasteiger partial charge in [-0.25, -0.2) is 0 Å². The van der Waals surface area contributed by atoms with E-state index in [2.05, 4.69) is 10.2 Å². The number of anilines is 1. The van der Waals surface area contributed by atoms with E-state index in [4.69, 9.17) is 37.9 Å². The Morgan fingerprint density at radius 2 is 1.61 bits per heavy atom. The summed E-state index contributed by atoms with van der Waals surface area (Å²) in [5.74, 6) is -3.40. The maximum atomic E-state index is 15.2. The van der Waals surface area contributed by atoms with Crippen LogP contribution in [0.1, 0.15) is 91.0 Å². The zero-order valence-corrected chi connectivity index (χ0v) is 38.8. The van der Waals surface area contributed by atoms with Crippen molar-refractivity contribution in [3.8, 4) is 0 Å². The van der Waals surface area contributed by atoms with Gasteiger partial charge >= 0.3 is 12.1 Å². The van der Waals surface area contributed by atoms with Crippen molar-refractivity contribution in [3.63, 3.8) is 0 Å². The van der Waals surface area contributed by atoms with Crippen LogP contribution in [-0.4, -0.2) is 137 Å².